The highest BCUT2D eigenvalue weighted by atomic mass is 16.6. The van der Waals surface area contributed by atoms with Crippen molar-refractivity contribution in [2.75, 3.05) is 13.7 Å². The van der Waals surface area contributed by atoms with Gasteiger partial charge >= 0.3 is 17.9 Å². The smallest absolute Gasteiger partial charge is 0.348 e. The molecular formula is C26H32O11. The van der Waals surface area contributed by atoms with Crippen molar-refractivity contribution >= 4 is 29.5 Å². The number of fused-ring (bicyclic) bond motifs is 2. The van der Waals surface area contributed by atoms with Gasteiger partial charge in [0, 0.05) is 29.7 Å². The van der Waals surface area contributed by atoms with Gasteiger partial charge < -0.3 is 29.2 Å². The van der Waals surface area contributed by atoms with Crippen molar-refractivity contribution in [2.45, 2.75) is 70.6 Å². The van der Waals surface area contributed by atoms with Crippen LogP contribution in [0.4, 0.5) is 0 Å². The predicted octanol–water partition coefficient (Wildman–Crippen LogP) is -0.110. The van der Waals surface area contributed by atoms with Crippen LogP contribution < -0.4 is 0 Å². The lowest BCUT2D eigenvalue weighted by atomic mass is 9.37. The first-order valence-electron chi connectivity index (χ1n) is 12.5. The second kappa shape index (κ2) is 8.18. The number of allylic oxidation sites excluding steroid dienone is 1. The largest absolute Gasteiger partial charge is 0.467 e. The molecule has 37 heavy (non-hydrogen) atoms. The Balaban J connectivity index is 1.73. The molecule has 11 nitrogen and oxygen atoms in total. The fourth-order valence-electron chi connectivity index (χ4n) is 8.45. The maximum absolute atomic E-state index is 13.4. The van der Waals surface area contributed by atoms with E-state index in [9.17, 15) is 34.2 Å². The van der Waals surface area contributed by atoms with Crippen molar-refractivity contribution in [3.8, 4) is 0 Å². The maximum Gasteiger partial charge on any atom is 0.348 e. The summed E-state index contributed by atoms with van der Waals surface area (Å²) in [7, 11) is 1.09. The molecule has 11 heteroatoms. The molecule has 5 aliphatic rings. The highest BCUT2D eigenvalue weighted by Crippen LogP contribution is 2.72. The Morgan fingerprint density at radius 1 is 1.14 bits per heavy atom. The van der Waals surface area contributed by atoms with Crippen LogP contribution in [0.2, 0.25) is 0 Å². The van der Waals surface area contributed by atoms with Gasteiger partial charge in [0.15, 0.2) is 5.78 Å². The molecule has 0 radical (unpaired) electrons. The van der Waals surface area contributed by atoms with Gasteiger partial charge in [-0.05, 0) is 31.6 Å². The van der Waals surface area contributed by atoms with E-state index in [1.54, 1.807) is 27.7 Å². The summed E-state index contributed by atoms with van der Waals surface area (Å²) in [6.07, 6.45) is -4.87. The molecule has 11 unspecified atom stereocenters. The number of aliphatic hydroxyl groups is 2. The Morgan fingerprint density at radius 2 is 1.81 bits per heavy atom. The molecule has 2 N–H and O–H groups in total. The summed E-state index contributed by atoms with van der Waals surface area (Å²) < 4.78 is 22.5. The first-order chi connectivity index (χ1) is 17.3. The average Bonchev–Trinajstić information content (AvgIpc) is 3.12. The molecule has 11 atom stereocenters. The fourth-order valence-corrected chi connectivity index (χ4v) is 8.45. The number of ketones is 2. The van der Waals surface area contributed by atoms with Gasteiger partial charge in [0.2, 0.25) is 17.5 Å². The molecule has 0 aromatic rings. The monoisotopic (exact) mass is 520 g/mol. The lowest BCUT2D eigenvalue weighted by molar-refractivity contribution is -0.295. The molecule has 2 bridgehead atoms. The molecule has 3 saturated carbocycles. The Bertz CT molecular complexity index is 1120. The zero-order valence-corrected chi connectivity index (χ0v) is 21.4. The molecule has 2 saturated heterocycles. The summed E-state index contributed by atoms with van der Waals surface area (Å²) in [6, 6.07) is 0. The first kappa shape index (κ1) is 26.0. The van der Waals surface area contributed by atoms with Crippen molar-refractivity contribution in [2.24, 2.45) is 34.5 Å². The SMILES string of the molecule is COC(=O)C12OCC34C(CC5C(C)C(=O)C(=O)CC5(C)C3C(O)C1O)OC(=O)C(OC(=O)C=C(C)C)C24. The van der Waals surface area contributed by atoms with Gasteiger partial charge in [-0.15, -0.1) is 0 Å². The standard InChI is InChI=1S/C26H32O11/c1-10(2)6-15(28)37-18-20-25-9-35-26(20,23(33)34-5)21(31)17(30)19(25)24(4)8-13(27)16(29)11(3)12(24)7-14(25)36-22(18)32/h6,11-12,14,17-21,30-31H,7-9H2,1-5H3. The summed E-state index contributed by atoms with van der Waals surface area (Å²) in [5, 5.41) is 23.1. The van der Waals surface area contributed by atoms with Crippen LogP contribution in [0.25, 0.3) is 0 Å². The Kier molecular flexibility index (Phi) is 5.75. The Labute approximate surface area is 213 Å². The van der Waals surface area contributed by atoms with Gasteiger partial charge in [0.1, 0.15) is 12.2 Å². The second-order valence-electron chi connectivity index (χ2n) is 11.7. The lowest BCUT2D eigenvalue weighted by Gasteiger charge is -2.67. The molecule has 2 heterocycles. The molecule has 2 aliphatic heterocycles. The number of carbonyl (C=O) groups excluding carboxylic acids is 5. The number of rotatable bonds is 3. The third-order valence-corrected chi connectivity index (χ3v) is 9.69. The van der Waals surface area contributed by atoms with Crippen LogP contribution in [0.15, 0.2) is 11.6 Å². The van der Waals surface area contributed by atoms with Crippen LogP contribution in [0.5, 0.6) is 0 Å². The summed E-state index contributed by atoms with van der Waals surface area (Å²) in [6.45, 7) is 6.53. The molecule has 5 fully saturated rings. The predicted molar refractivity (Wildman–Crippen MR) is 121 cm³/mol. The first-order valence-corrected chi connectivity index (χ1v) is 12.5. The van der Waals surface area contributed by atoms with Crippen LogP contribution in [0.3, 0.4) is 0 Å². The van der Waals surface area contributed by atoms with Crippen molar-refractivity contribution in [3.63, 3.8) is 0 Å². The highest BCUT2D eigenvalue weighted by Gasteiger charge is 2.85. The van der Waals surface area contributed by atoms with E-state index in [2.05, 4.69) is 0 Å². The number of ether oxygens (including phenoxy) is 4. The van der Waals surface area contributed by atoms with Crippen LogP contribution >= 0.6 is 0 Å². The van der Waals surface area contributed by atoms with E-state index in [1.165, 1.54) is 6.08 Å². The lowest BCUT2D eigenvalue weighted by Crippen LogP contribution is -2.79. The van der Waals surface area contributed by atoms with Crippen molar-refractivity contribution in [1.82, 2.24) is 0 Å². The van der Waals surface area contributed by atoms with Gasteiger partial charge in [-0.25, -0.2) is 14.4 Å². The van der Waals surface area contributed by atoms with E-state index < -0.39 is 94.0 Å². The zero-order chi connectivity index (χ0) is 27.2. The number of esters is 3. The Hall–Kier alpha value is -2.63. The summed E-state index contributed by atoms with van der Waals surface area (Å²) in [4.78, 5) is 64.8. The quantitative estimate of drug-likeness (QED) is 0.221. The van der Waals surface area contributed by atoms with Crippen LogP contribution in [-0.4, -0.2) is 83.4 Å². The molecule has 0 amide bonds. The normalized spacial score (nSPS) is 47.8. The van der Waals surface area contributed by atoms with E-state index in [4.69, 9.17) is 18.9 Å². The number of aliphatic hydroxyl groups excluding tert-OH is 2. The molecule has 0 aromatic carbocycles. The third kappa shape index (κ3) is 3.07. The average molecular weight is 521 g/mol. The Morgan fingerprint density at radius 3 is 2.43 bits per heavy atom. The molecule has 3 aliphatic carbocycles. The van der Waals surface area contributed by atoms with E-state index in [0.29, 0.717) is 5.57 Å². The topological polar surface area (TPSA) is 163 Å². The van der Waals surface area contributed by atoms with E-state index in [0.717, 1.165) is 7.11 Å². The number of hydrogen-bond donors (Lipinski definition) is 2. The van der Waals surface area contributed by atoms with Gasteiger partial charge in [0.25, 0.3) is 0 Å². The summed E-state index contributed by atoms with van der Waals surface area (Å²) >= 11 is 0. The summed E-state index contributed by atoms with van der Waals surface area (Å²) in [5.41, 5.74) is -3.92. The summed E-state index contributed by atoms with van der Waals surface area (Å²) in [5.74, 6) is -7.24. The molecule has 202 valence electrons. The number of carbonyl (C=O) groups is 5. The van der Waals surface area contributed by atoms with Gasteiger partial charge in [-0.1, -0.05) is 19.4 Å². The van der Waals surface area contributed by atoms with Crippen LogP contribution in [0, 0.1) is 34.5 Å². The van der Waals surface area contributed by atoms with Gasteiger partial charge in [-0.2, -0.15) is 0 Å². The molecule has 1 spiro atoms. The maximum atomic E-state index is 13.4. The van der Waals surface area contributed by atoms with Gasteiger partial charge in [-0.3, -0.25) is 9.59 Å². The highest BCUT2D eigenvalue weighted by molar-refractivity contribution is 6.38. The second-order valence-corrected chi connectivity index (χ2v) is 11.7. The van der Waals surface area contributed by atoms with E-state index >= 15 is 0 Å². The van der Waals surface area contributed by atoms with Crippen molar-refractivity contribution in [1.29, 1.82) is 0 Å². The van der Waals surface area contributed by atoms with Crippen molar-refractivity contribution in [3.05, 3.63) is 11.6 Å². The number of hydrogen-bond acceptors (Lipinski definition) is 11. The third-order valence-electron chi connectivity index (χ3n) is 9.69. The van der Waals surface area contributed by atoms with Crippen LogP contribution in [0.1, 0.15) is 40.5 Å². The fraction of sp³-hybridized carbons (Fsp3) is 0.731. The zero-order valence-electron chi connectivity index (χ0n) is 21.4. The van der Waals surface area contributed by atoms with Crippen LogP contribution in [-0.2, 0) is 42.9 Å². The molecule has 0 aromatic heterocycles. The minimum absolute atomic E-state index is 0.174. The molecular weight excluding hydrogens is 488 g/mol. The van der Waals surface area contributed by atoms with E-state index in [-0.39, 0.29) is 19.4 Å². The van der Waals surface area contributed by atoms with Gasteiger partial charge in [0.05, 0.1) is 25.7 Å². The number of methoxy groups -OCH3 is 1. The number of Topliss-reactive ketones (excluding diaryl/α,β-unsaturated/α-hetero) is 2. The van der Waals surface area contributed by atoms with Crippen molar-refractivity contribution < 1.29 is 53.1 Å². The molecule has 5 rings (SSSR count). The minimum atomic E-state index is -2.22. The minimum Gasteiger partial charge on any atom is -0.467 e. The van der Waals surface area contributed by atoms with E-state index in [1.807, 2.05) is 0 Å².